The number of halogens is 4. The minimum absolute atomic E-state index is 0.0322. The lowest BCUT2D eigenvalue weighted by Crippen LogP contribution is -2.24. The standard InChI is InChI=1S/C22H16F4N4O3/c1-11-18-20(33-29-11)19(14-4-3-5-15(9-14)27-12(2)31)28-30(21(18)32)10-13-6-7-17(23)16(8-13)22(24,25)26/h3-9H,10H2,1-2H3,(H,27,31). The second kappa shape index (κ2) is 8.15. The molecule has 11 heteroatoms. The van der Waals surface area contributed by atoms with E-state index in [9.17, 15) is 27.2 Å². The van der Waals surface area contributed by atoms with Gasteiger partial charge in [0.15, 0.2) is 0 Å². The smallest absolute Gasteiger partial charge is 0.353 e. The number of rotatable bonds is 4. The lowest BCUT2D eigenvalue weighted by Gasteiger charge is -2.12. The van der Waals surface area contributed by atoms with E-state index in [1.165, 1.54) is 6.92 Å². The second-order valence-corrected chi connectivity index (χ2v) is 7.36. The van der Waals surface area contributed by atoms with Gasteiger partial charge in [0.2, 0.25) is 11.5 Å². The monoisotopic (exact) mass is 460 g/mol. The van der Waals surface area contributed by atoms with Crippen LogP contribution in [0.25, 0.3) is 22.2 Å². The van der Waals surface area contributed by atoms with Gasteiger partial charge in [-0.3, -0.25) is 9.59 Å². The third-order valence-corrected chi connectivity index (χ3v) is 4.87. The fourth-order valence-corrected chi connectivity index (χ4v) is 3.43. The van der Waals surface area contributed by atoms with E-state index in [0.717, 1.165) is 10.7 Å². The SMILES string of the molecule is CC(=O)Nc1cccc(-c2nn(Cc3ccc(F)c(C(F)(F)F)c3)c(=O)c3c(C)noc23)c1. The molecule has 0 unspecified atom stereocenters. The van der Waals surface area contributed by atoms with Crippen molar-refractivity contribution in [3.05, 3.63) is 75.5 Å². The number of benzene rings is 2. The van der Waals surface area contributed by atoms with Crippen molar-refractivity contribution in [1.29, 1.82) is 0 Å². The molecule has 0 atom stereocenters. The number of aromatic nitrogens is 3. The van der Waals surface area contributed by atoms with Crippen molar-refractivity contribution >= 4 is 22.6 Å². The highest BCUT2D eigenvalue weighted by molar-refractivity contribution is 5.93. The molecule has 170 valence electrons. The Kier molecular flexibility index (Phi) is 5.48. The maximum atomic E-state index is 13.7. The van der Waals surface area contributed by atoms with Gasteiger partial charge in [-0.1, -0.05) is 23.4 Å². The molecule has 33 heavy (non-hydrogen) atoms. The number of aryl methyl sites for hydroxylation is 1. The first kappa shape index (κ1) is 22.2. The molecule has 1 amide bonds. The Morgan fingerprint density at radius 3 is 2.64 bits per heavy atom. The zero-order chi connectivity index (χ0) is 23.9. The quantitative estimate of drug-likeness (QED) is 0.452. The molecule has 2 heterocycles. The summed E-state index contributed by atoms with van der Waals surface area (Å²) in [5, 5.41) is 10.9. The Balaban J connectivity index is 1.86. The molecule has 4 rings (SSSR count). The van der Waals surface area contributed by atoms with Gasteiger partial charge in [0.1, 0.15) is 16.9 Å². The average molecular weight is 460 g/mol. The molecule has 0 fully saturated rings. The van der Waals surface area contributed by atoms with Crippen molar-refractivity contribution in [2.45, 2.75) is 26.6 Å². The first-order chi connectivity index (χ1) is 15.5. The van der Waals surface area contributed by atoms with E-state index in [4.69, 9.17) is 4.52 Å². The van der Waals surface area contributed by atoms with E-state index in [1.807, 2.05) is 0 Å². The van der Waals surface area contributed by atoms with Crippen LogP contribution in [0.1, 0.15) is 23.7 Å². The summed E-state index contributed by atoms with van der Waals surface area (Å²) >= 11 is 0. The minimum atomic E-state index is -4.89. The minimum Gasteiger partial charge on any atom is -0.353 e. The molecule has 0 spiro atoms. The fraction of sp³-hybridized carbons (Fsp3) is 0.182. The van der Waals surface area contributed by atoms with Crippen LogP contribution in [-0.2, 0) is 17.5 Å². The summed E-state index contributed by atoms with van der Waals surface area (Å²) in [4.78, 5) is 24.4. The molecule has 0 aliphatic rings. The summed E-state index contributed by atoms with van der Waals surface area (Å²) in [6, 6.07) is 9.08. The van der Waals surface area contributed by atoms with Crippen LogP contribution in [0.5, 0.6) is 0 Å². The highest BCUT2D eigenvalue weighted by atomic mass is 19.4. The number of carbonyl (C=O) groups excluding carboxylic acids is 1. The van der Waals surface area contributed by atoms with Crippen molar-refractivity contribution in [3.8, 4) is 11.3 Å². The predicted molar refractivity (Wildman–Crippen MR) is 111 cm³/mol. The van der Waals surface area contributed by atoms with Gasteiger partial charge < -0.3 is 9.84 Å². The van der Waals surface area contributed by atoms with Crippen LogP contribution >= 0.6 is 0 Å². The molecule has 1 N–H and O–H groups in total. The van der Waals surface area contributed by atoms with E-state index >= 15 is 0 Å². The first-order valence-corrected chi connectivity index (χ1v) is 9.65. The summed E-state index contributed by atoms with van der Waals surface area (Å²) < 4.78 is 59.3. The van der Waals surface area contributed by atoms with Gasteiger partial charge in [0.25, 0.3) is 5.56 Å². The molecular weight excluding hydrogens is 444 g/mol. The number of alkyl halides is 3. The van der Waals surface area contributed by atoms with Crippen LogP contribution in [0, 0.1) is 12.7 Å². The normalized spacial score (nSPS) is 11.7. The summed E-state index contributed by atoms with van der Waals surface area (Å²) in [6.07, 6.45) is -4.89. The maximum absolute atomic E-state index is 13.7. The largest absolute Gasteiger partial charge is 0.419 e. The molecule has 0 aliphatic heterocycles. The number of hydrogen-bond donors (Lipinski definition) is 1. The third-order valence-electron chi connectivity index (χ3n) is 4.87. The van der Waals surface area contributed by atoms with Crippen molar-refractivity contribution < 1.29 is 26.9 Å². The summed E-state index contributed by atoms with van der Waals surface area (Å²) in [6.45, 7) is 2.55. The Labute approximate surface area is 183 Å². The number of nitrogens with one attached hydrogen (secondary N) is 1. The highest BCUT2D eigenvalue weighted by Gasteiger charge is 2.34. The van der Waals surface area contributed by atoms with E-state index < -0.39 is 23.1 Å². The van der Waals surface area contributed by atoms with Crippen LogP contribution in [0.2, 0.25) is 0 Å². The van der Waals surface area contributed by atoms with Gasteiger partial charge in [0, 0.05) is 18.2 Å². The summed E-state index contributed by atoms with van der Waals surface area (Å²) in [7, 11) is 0. The molecule has 0 bridgehead atoms. The zero-order valence-electron chi connectivity index (χ0n) is 17.3. The highest BCUT2D eigenvalue weighted by Crippen LogP contribution is 2.32. The topological polar surface area (TPSA) is 90.0 Å². The lowest BCUT2D eigenvalue weighted by atomic mass is 10.1. The Morgan fingerprint density at radius 2 is 1.94 bits per heavy atom. The molecule has 0 saturated carbocycles. The number of nitrogens with zero attached hydrogens (tertiary/aromatic N) is 3. The molecule has 0 radical (unpaired) electrons. The Hall–Kier alpha value is -4.02. The van der Waals surface area contributed by atoms with Crippen molar-refractivity contribution in [2.75, 3.05) is 5.32 Å². The van der Waals surface area contributed by atoms with Gasteiger partial charge in [-0.15, -0.1) is 0 Å². The number of anilines is 1. The van der Waals surface area contributed by atoms with Gasteiger partial charge in [0.05, 0.1) is 17.8 Å². The molecule has 0 aliphatic carbocycles. The average Bonchev–Trinajstić information content (AvgIpc) is 3.12. The van der Waals surface area contributed by atoms with Crippen molar-refractivity contribution in [3.63, 3.8) is 0 Å². The van der Waals surface area contributed by atoms with Crippen LogP contribution < -0.4 is 10.9 Å². The van der Waals surface area contributed by atoms with Crippen LogP contribution in [-0.4, -0.2) is 20.8 Å². The Morgan fingerprint density at radius 1 is 1.18 bits per heavy atom. The molecular formula is C22H16F4N4O3. The number of fused-ring (bicyclic) bond motifs is 1. The maximum Gasteiger partial charge on any atom is 0.419 e. The van der Waals surface area contributed by atoms with Crippen LogP contribution in [0.15, 0.2) is 51.8 Å². The number of hydrogen-bond acceptors (Lipinski definition) is 5. The second-order valence-electron chi connectivity index (χ2n) is 7.36. The molecule has 2 aromatic carbocycles. The fourth-order valence-electron chi connectivity index (χ4n) is 3.43. The predicted octanol–water partition coefficient (Wildman–Crippen LogP) is 4.52. The van der Waals surface area contributed by atoms with Gasteiger partial charge in [-0.2, -0.15) is 18.3 Å². The first-order valence-electron chi connectivity index (χ1n) is 9.65. The molecule has 0 saturated heterocycles. The van der Waals surface area contributed by atoms with Crippen molar-refractivity contribution in [1.82, 2.24) is 14.9 Å². The lowest BCUT2D eigenvalue weighted by molar-refractivity contribution is -0.140. The Bertz CT molecular complexity index is 1440. The van der Waals surface area contributed by atoms with E-state index in [2.05, 4.69) is 15.6 Å². The molecule has 2 aromatic heterocycles. The van der Waals surface area contributed by atoms with Crippen LogP contribution in [0.4, 0.5) is 23.2 Å². The third kappa shape index (κ3) is 4.34. The number of amides is 1. The van der Waals surface area contributed by atoms with Gasteiger partial charge in [-0.05, 0) is 36.8 Å². The van der Waals surface area contributed by atoms with E-state index in [-0.39, 0.29) is 40.4 Å². The summed E-state index contributed by atoms with van der Waals surface area (Å²) in [5.74, 6) is -1.70. The van der Waals surface area contributed by atoms with Crippen LogP contribution in [0.3, 0.4) is 0 Å². The number of carbonyl (C=O) groups is 1. The zero-order valence-corrected chi connectivity index (χ0v) is 17.3. The van der Waals surface area contributed by atoms with Gasteiger partial charge >= 0.3 is 6.18 Å². The van der Waals surface area contributed by atoms with E-state index in [0.29, 0.717) is 23.4 Å². The van der Waals surface area contributed by atoms with Crippen molar-refractivity contribution in [2.24, 2.45) is 0 Å². The van der Waals surface area contributed by atoms with E-state index in [1.54, 1.807) is 31.2 Å². The summed E-state index contributed by atoms with van der Waals surface area (Å²) in [5.41, 5.74) is -0.491. The van der Waals surface area contributed by atoms with Gasteiger partial charge in [-0.25, -0.2) is 9.07 Å². The molecule has 4 aromatic rings. The molecule has 7 nitrogen and oxygen atoms in total.